The fourth-order valence-electron chi connectivity index (χ4n) is 0.943. The van der Waals surface area contributed by atoms with E-state index in [1.807, 2.05) is 22.6 Å². The molecule has 0 amide bonds. The average Bonchev–Trinajstić information content (AvgIpc) is 2.08. The van der Waals surface area contributed by atoms with Gasteiger partial charge in [-0.1, -0.05) is 0 Å². The van der Waals surface area contributed by atoms with Crippen molar-refractivity contribution in [1.82, 2.24) is 0 Å². The molecule has 0 aliphatic heterocycles. The molecule has 0 fully saturated rings. The molecule has 0 saturated heterocycles. The maximum absolute atomic E-state index is 13.0. The van der Waals surface area contributed by atoms with E-state index in [0.717, 1.165) is 3.57 Å². The van der Waals surface area contributed by atoms with Gasteiger partial charge in [0, 0.05) is 0 Å². The van der Waals surface area contributed by atoms with E-state index in [4.69, 9.17) is 9.84 Å². The molecule has 1 rings (SSSR count). The molecule has 0 atom stereocenters. The Balaban J connectivity index is 3.28. The number of ether oxygens (including phenoxy) is 1. The predicted octanol–water partition coefficient (Wildman–Crippen LogP) is 1.93. The minimum Gasteiger partial charge on any atom is -0.495 e. The van der Waals surface area contributed by atoms with Crippen LogP contribution in [0.4, 0.5) is 4.39 Å². The highest BCUT2D eigenvalue weighted by Crippen LogP contribution is 2.27. The first kappa shape index (κ1) is 9.73. The van der Waals surface area contributed by atoms with E-state index in [-0.39, 0.29) is 12.2 Å². The zero-order valence-electron chi connectivity index (χ0n) is 6.47. The average molecular weight is 282 g/mol. The number of methoxy groups -OCH3 is 1. The summed E-state index contributed by atoms with van der Waals surface area (Å²) in [5.74, 6) is -0.0205. The Hall–Kier alpha value is -0.360. The zero-order valence-corrected chi connectivity index (χ0v) is 8.63. The Bertz CT molecular complexity index is 260. The largest absolute Gasteiger partial charge is 0.495 e. The van der Waals surface area contributed by atoms with E-state index in [9.17, 15) is 4.39 Å². The lowest BCUT2D eigenvalue weighted by molar-refractivity contribution is 0.266. The molecule has 0 saturated carbocycles. The summed E-state index contributed by atoms with van der Waals surface area (Å²) < 4.78 is 18.7. The Morgan fingerprint density at radius 1 is 1.58 bits per heavy atom. The van der Waals surface area contributed by atoms with Crippen LogP contribution in [0, 0.1) is 9.39 Å². The summed E-state index contributed by atoms with van der Waals surface area (Å²) in [6, 6.07) is 2.92. The highest BCUT2D eigenvalue weighted by molar-refractivity contribution is 14.1. The maximum Gasteiger partial charge on any atom is 0.140 e. The molecule has 0 bridgehead atoms. The third-order valence-corrected chi connectivity index (χ3v) is 2.37. The lowest BCUT2D eigenvalue weighted by Crippen LogP contribution is -1.97. The second-order valence-electron chi connectivity index (χ2n) is 2.20. The molecule has 66 valence electrons. The highest BCUT2D eigenvalue weighted by atomic mass is 127. The van der Waals surface area contributed by atoms with Gasteiger partial charge in [-0.3, -0.25) is 0 Å². The maximum atomic E-state index is 13.0. The molecule has 2 nitrogen and oxygen atoms in total. The Labute approximate surface area is 83.5 Å². The number of aliphatic hydroxyl groups is 1. The molecular weight excluding hydrogens is 274 g/mol. The summed E-state index contributed by atoms with van der Waals surface area (Å²) in [7, 11) is 1.45. The first-order chi connectivity index (χ1) is 5.70. The van der Waals surface area contributed by atoms with Gasteiger partial charge in [0.15, 0.2) is 0 Å². The van der Waals surface area contributed by atoms with E-state index in [0.29, 0.717) is 5.75 Å². The van der Waals surface area contributed by atoms with Gasteiger partial charge in [-0.15, -0.1) is 0 Å². The minimum absolute atomic E-state index is 0.212. The van der Waals surface area contributed by atoms with Crippen molar-refractivity contribution in [3.63, 3.8) is 0 Å². The van der Waals surface area contributed by atoms with Crippen molar-refractivity contribution in [2.75, 3.05) is 7.11 Å². The van der Waals surface area contributed by atoms with E-state index in [1.165, 1.54) is 13.2 Å². The SMILES string of the molecule is COc1c(I)ccc(F)c1CO. The second kappa shape index (κ2) is 4.04. The summed E-state index contributed by atoms with van der Waals surface area (Å²) in [6.45, 7) is -0.341. The molecule has 0 aliphatic rings. The quantitative estimate of drug-likeness (QED) is 0.840. The van der Waals surface area contributed by atoms with E-state index in [1.54, 1.807) is 6.07 Å². The standard InChI is InChI=1S/C8H8FIO2/c1-12-8-5(4-11)6(9)2-3-7(8)10/h2-3,11H,4H2,1H3. The smallest absolute Gasteiger partial charge is 0.140 e. The number of hydrogen-bond donors (Lipinski definition) is 1. The van der Waals surface area contributed by atoms with E-state index >= 15 is 0 Å². The van der Waals surface area contributed by atoms with E-state index in [2.05, 4.69) is 0 Å². The van der Waals surface area contributed by atoms with Crippen LogP contribution in [0.1, 0.15) is 5.56 Å². The summed E-state index contributed by atoms with van der Waals surface area (Å²) in [4.78, 5) is 0. The Morgan fingerprint density at radius 3 is 2.67 bits per heavy atom. The van der Waals surface area contributed by atoms with E-state index < -0.39 is 5.82 Å². The monoisotopic (exact) mass is 282 g/mol. The lowest BCUT2D eigenvalue weighted by atomic mass is 10.2. The number of benzene rings is 1. The van der Waals surface area contributed by atoms with Crippen molar-refractivity contribution in [1.29, 1.82) is 0 Å². The van der Waals surface area contributed by atoms with Gasteiger partial charge in [0.05, 0.1) is 22.9 Å². The summed E-state index contributed by atoms with van der Waals surface area (Å²) in [6.07, 6.45) is 0. The van der Waals surface area contributed by atoms with Crippen LogP contribution in [-0.4, -0.2) is 12.2 Å². The van der Waals surface area contributed by atoms with Gasteiger partial charge in [-0.2, -0.15) is 0 Å². The number of hydrogen-bond acceptors (Lipinski definition) is 2. The molecular formula is C8H8FIO2. The van der Waals surface area contributed by atoms with Crippen LogP contribution in [0.5, 0.6) is 5.75 Å². The predicted molar refractivity (Wildman–Crippen MR) is 51.6 cm³/mol. The van der Waals surface area contributed by atoms with Crippen molar-refractivity contribution >= 4 is 22.6 Å². The fraction of sp³-hybridized carbons (Fsp3) is 0.250. The Morgan fingerprint density at radius 2 is 2.25 bits per heavy atom. The van der Waals surface area contributed by atoms with Crippen LogP contribution in [0.2, 0.25) is 0 Å². The number of rotatable bonds is 2. The van der Waals surface area contributed by atoms with Gasteiger partial charge >= 0.3 is 0 Å². The minimum atomic E-state index is -0.435. The molecule has 1 N–H and O–H groups in total. The van der Waals surface area contributed by atoms with Gasteiger partial charge in [-0.25, -0.2) is 4.39 Å². The van der Waals surface area contributed by atoms with Crippen molar-refractivity contribution < 1.29 is 14.2 Å². The molecule has 0 heterocycles. The molecule has 0 spiro atoms. The highest BCUT2D eigenvalue weighted by Gasteiger charge is 2.11. The third-order valence-electron chi connectivity index (χ3n) is 1.52. The molecule has 0 unspecified atom stereocenters. The van der Waals surface area contributed by atoms with Crippen molar-refractivity contribution in [2.45, 2.75) is 6.61 Å². The van der Waals surface area contributed by atoms with Crippen molar-refractivity contribution in [2.24, 2.45) is 0 Å². The molecule has 0 aromatic heterocycles. The van der Waals surface area contributed by atoms with Crippen LogP contribution >= 0.6 is 22.6 Å². The molecule has 0 radical (unpaired) electrons. The molecule has 1 aromatic rings. The first-order valence-corrected chi connectivity index (χ1v) is 4.40. The van der Waals surface area contributed by atoms with Gasteiger partial charge < -0.3 is 9.84 Å². The Kier molecular flexibility index (Phi) is 3.28. The summed E-state index contributed by atoms with van der Waals surface area (Å²) in [5, 5.41) is 8.83. The summed E-state index contributed by atoms with van der Waals surface area (Å²) in [5.41, 5.74) is 0.212. The number of halogens is 2. The van der Waals surface area contributed by atoms with Crippen LogP contribution in [0.15, 0.2) is 12.1 Å². The summed E-state index contributed by atoms with van der Waals surface area (Å²) >= 11 is 2.02. The van der Waals surface area contributed by atoms with Crippen LogP contribution in [0.25, 0.3) is 0 Å². The fourth-order valence-corrected chi connectivity index (χ4v) is 1.67. The normalized spacial score (nSPS) is 10.0. The van der Waals surface area contributed by atoms with Gasteiger partial charge in [-0.05, 0) is 34.7 Å². The third kappa shape index (κ3) is 1.69. The molecule has 0 aliphatic carbocycles. The van der Waals surface area contributed by atoms with Crippen LogP contribution < -0.4 is 4.74 Å². The van der Waals surface area contributed by atoms with Gasteiger partial charge in [0.25, 0.3) is 0 Å². The molecule has 4 heteroatoms. The van der Waals surface area contributed by atoms with Crippen LogP contribution in [-0.2, 0) is 6.61 Å². The van der Waals surface area contributed by atoms with Gasteiger partial charge in [0.1, 0.15) is 11.6 Å². The topological polar surface area (TPSA) is 29.5 Å². The molecule has 12 heavy (non-hydrogen) atoms. The first-order valence-electron chi connectivity index (χ1n) is 3.32. The number of aliphatic hydroxyl groups excluding tert-OH is 1. The van der Waals surface area contributed by atoms with Crippen molar-refractivity contribution in [3.05, 3.63) is 27.1 Å². The second-order valence-corrected chi connectivity index (χ2v) is 3.36. The van der Waals surface area contributed by atoms with Crippen LogP contribution in [0.3, 0.4) is 0 Å². The van der Waals surface area contributed by atoms with Crippen molar-refractivity contribution in [3.8, 4) is 5.75 Å². The molecule has 1 aromatic carbocycles. The van der Waals surface area contributed by atoms with Gasteiger partial charge in [0.2, 0.25) is 0 Å². The zero-order chi connectivity index (χ0) is 9.14. The lowest BCUT2D eigenvalue weighted by Gasteiger charge is -2.08.